The Kier molecular flexibility index (Phi) is 5.54. The highest BCUT2D eigenvalue weighted by molar-refractivity contribution is 5.89. The summed E-state index contributed by atoms with van der Waals surface area (Å²) in [5, 5.41) is 0. The molecule has 6 nitrogen and oxygen atoms in total. The van der Waals surface area contributed by atoms with Crippen molar-refractivity contribution >= 4 is 22.8 Å². The summed E-state index contributed by atoms with van der Waals surface area (Å²) >= 11 is 0. The summed E-state index contributed by atoms with van der Waals surface area (Å²) < 4.78 is 1.96. The van der Waals surface area contributed by atoms with Gasteiger partial charge in [0.15, 0.2) is 0 Å². The van der Waals surface area contributed by atoms with Gasteiger partial charge in [0.25, 0.3) is 0 Å². The molecule has 0 aromatic carbocycles. The molecule has 1 aliphatic heterocycles. The Morgan fingerprint density at radius 1 is 1.37 bits per heavy atom. The predicted octanol–water partition coefficient (Wildman–Crippen LogP) is 3.70. The van der Waals surface area contributed by atoms with Crippen LogP contribution in [-0.4, -0.2) is 31.7 Å². The number of imidazole rings is 1. The minimum absolute atomic E-state index is 0.0738. The van der Waals surface area contributed by atoms with Crippen molar-refractivity contribution in [2.24, 2.45) is 0 Å². The summed E-state index contributed by atoms with van der Waals surface area (Å²) in [7, 11) is 0. The zero-order valence-corrected chi connectivity index (χ0v) is 15.6. The van der Waals surface area contributed by atoms with E-state index < -0.39 is 0 Å². The van der Waals surface area contributed by atoms with Gasteiger partial charge in [-0.05, 0) is 32.3 Å². The molecule has 1 aliphatic rings. The molecule has 140 valence electrons. The Bertz CT molecular complexity index is 937. The third kappa shape index (κ3) is 3.43. The average Bonchev–Trinajstić information content (AvgIpc) is 3.08. The normalized spacial score (nSPS) is 18.2. The molecule has 6 heteroatoms. The molecule has 3 rings (SSSR count). The topological polar surface area (TPSA) is 76.5 Å². The molecule has 0 radical (unpaired) electrons. The number of rotatable bonds is 5. The lowest BCUT2D eigenvalue weighted by Crippen LogP contribution is -2.38. The molecule has 1 amide bonds. The lowest BCUT2D eigenvalue weighted by Gasteiger charge is -2.34. The highest BCUT2D eigenvalue weighted by Gasteiger charge is 2.31. The molecule has 0 unspecified atom stereocenters. The summed E-state index contributed by atoms with van der Waals surface area (Å²) in [6.07, 6.45) is 15.3. The average molecular weight is 363 g/mol. The zero-order chi connectivity index (χ0) is 19.4. The molecular formula is C21H25N5O. The standard InChI is InChI=1S/C21H25N5O/c1-4-9-15(10-5-2)18-19-20(22)23-12-14-26(19)21(24-18)16-11-7-8-13-25(16)17(27)6-3/h4-6,9-10,12,14,16H,1,3,7-8,11,13H2,2H3,(H2,22,23)/b10-5-,15-9+/t16-/m0/s1. The number of aromatic nitrogens is 3. The summed E-state index contributed by atoms with van der Waals surface area (Å²) in [4.78, 5) is 23.4. The Balaban J connectivity index is 2.24. The summed E-state index contributed by atoms with van der Waals surface area (Å²) in [5.41, 5.74) is 8.59. The molecule has 0 saturated carbocycles. The number of carbonyl (C=O) groups excluding carboxylic acids is 1. The fraction of sp³-hybridized carbons (Fsp3) is 0.286. The van der Waals surface area contributed by atoms with Crippen molar-refractivity contribution < 1.29 is 4.79 Å². The second kappa shape index (κ2) is 8.03. The summed E-state index contributed by atoms with van der Waals surface area (Å²) in [6, 6.07) is -0.122. The largest absolute Gasteiger partial charge is 0.382 e. The molecule has 1 fully saturated rings. The van der Waals surface area contributed by atoms with E-state index in [0.717, 1.165) is 41.9 Å². The molecule has 2 N–H and O–H groups in total. The maximum atomic E-state index is 12.4. The van der Waals surface area contributed by atoms with Crippen LogP contribution in [0.25, 0.3) is 11.1 Å². The monoisotopic (exact) mass is 363 g/mol. The zero-order valence-electron chi connectivity index (χ0n) is 15.6. The predicted molar refractivity (Wildman–Crippen MR) is 109 cm³/mol. The van der Waals surface area contributed by atoms with Crippen LogP contribution in [0.3, 0.4) is 0 Å². The molecule has 0 bridgehead atoms. The third-order valence-corrected chi connectivity index (χ3v) is 4.79. The second-order valence-corrected chi connectivity index (χ2v) is 6.45. The smallest absolute Gasteiger partial charge is 0.246 e. The number of allylic oxidation sites excluding steroid dienone is 5. The number of likely N-dealkylation sites (tertiary alicyclic amines) is 1. The molecule has 1 atom stereocenters. The number of fused-ring (bicyclic) bond motifs is 1. The number of nitrogens with two attached hydrogens (primary N) is 1. The fourth-order valence-electron chi connectivity index (χ4n) is 3.62. The Morgan fingerprint density at radius 3 is 2.89 bits per heavy atom. The van der Waals surface area contributed by atoms with Gasteiger partial charge in [-0.3, -0.25) is 9.20 Å². The molecule has 27 heavy (non-hydrogen) atoms. The van der Waals surface area contributed by atoms with Gasteiger partial charge in [0.1, 0.15) is 22.9 Å². The van der Waals surface area contributed by atoms with Crippen molar-refractivity contribution in [2.75, 3.05) is 12.3 Å². The highest BCUT2D eigenvalue weighted by atomic mass is 16.2. The van der Waals surface area contributed by atoms with Gasteiger partial charge in [-0.25, -0.2) is 9.97 Å². The lowest BCUT2D eigenvalue weighted by molar-refractivity contribution is -0.129. The molecule has 1 saturated heterocycles. The van der Waals surface area contributed by atoms with E-state index in [1.807, 2.05) is 40.6 Å². The number of nitrogens with zero attached hydrogens (tertiary/aromatic N) is 4. The Labute approximate surface area is 159 Å². The molecule has 3 heterocycles. The first kappa shape index (κ1) is 18.6. The fourth-order valence-corrected chi connectivity index (χ4v) is 3.62. The van der Waals surface area contributed by atoms with Gasteiger partial charge in [0, 0.05) is 24.5 Å². The van der Waals surface area contributed by atoms with E-state index in [4.69, 9.17) is 10.7 Å². The molecule has 2 aromatic rings. The number of nitrogen functional groups attached to an aromatic ring is 1. The van der Waals surface area contributed by atoms with E-state index in [0.29, 0.717) is 12.4 Å². The summed E-state index contributed by atoms with van der Waals surface area (Å²) in [5.74, 6) is 1.13. The van der Waals surface area contributed by atoms with Crippen LogP contribution >= 0.6 is 0 Å². The maximum absolute atomic E-state index is 12.4. The van der Waals surface area contributed by atoms with E-state index in [1.54, 1.807) is 12.3 Å². The minimum atomic E-state index is -0.122. The first-order valence-corrected chi connectivity index (χ1v) is 9.13. The molecule has 2 aromatic heterocycles. The third-order valence-electron chi connectivity index (χ3n) is 4.79. The van der Waals surface area contributed by atoms with Crippen molar-refractivity contribution in [3.05, 3.63) is 67.4 Å². The van der Waals surface area contributed by atoms with Crippen molar-refractivity contribution in [3.63, 3.8) is 0 Å². The van der Waals surface area contributed by atoms with Gasteiger partial charge >= 0.3 is 0 Å². The first-order valence-electron chi connectivity index (χ1n) is 9.13. The van der Waals surface area contributed by atoms with E-state index >= 15 is 0 Å². The summed E-state index contributed by atoms with van der Waals surface area (Å²) in [6.45, 7) is 10.1. The van der Waals surface area contributed by atoms with Gasteiger partial charge in [-0.15, -0.1) is 0 Å². The van der Waals surface area contributed by atoms with E-state index in [9.17, 15) is 4.79 Å². The molecule has 0 spiro atoms. The number of carbonyl (C=O) groups is 1. The van der Waals surface area contributed by atoms with Gasteiger partial charge in [0.05, 0.1) is 6.04 Å². The van der Waals surface area contributed by atoms with Crippen LogP contribution in [0.2, 0.25) is 0 Å². The van der Waals surface area contributed by atoms with E-state index in [2.05, 4.69) is 18.1 Å². The lowest BCUT2D eigenvalue weighted by atomic mass is 10.0. The van der Waals surface area contributed by atoms with Crippen LogP contribution in [0.15, 0.2) is 55.9 Å². The van der Waals surface area contributed by atoms with Crippen molar-refractivity contribution in [3.8, 4) is 0 Å². The number of amides is 1. The maximum Gasteiger partial charge on any atom is 0.246 e. The number of hydrogen-bond donors (Lipinski definition) is 1. The van der Waals surface area contributed by atoms with Gasteiger partial charge < -0.3 is 10.6 Å². The van der Waals surface area contributed by atoms with Gasteiger partial charge in [0.2, 0.25) is 5.91 Å². The highest BCUT2D eigenvalue weighted by Crippen LogP contribution is 2.34. The Morgan fingerprint density at radius 2 is 2.19 bits per heavy atom. The Hall–Kier alpha value is -3.15. The van der Waals surface area contributed by atoms with Gasteiger partial charge in [-0.1, -0.05) is 37.5 Å². The van der Waals surface area contributed by atoms with Gasteiger partial charge in [-0.2, -0.15) is 0 Å². The molecule has 0 aliphatic carbocycles. The second-order valence-electron chi connectivity index (χ2n) is 6.45. The quantitative estimate of drug-likeness (QED) is 0.649. The van der Waals surface area contributed by atoms with Crippen LogP contribution in [0.4, 0.5) is 5.82 Å². The van der Waals surface area contributed by atoms with Crippen LogP contribution < -0.4 is 5.73 Å². The minimum Gasteiger partial charge on any atom is -0.382 e. The van der Waals surface area contributed by atoms with E-state index in [-0.39, 0.29) is 11.9 Å². The van der Waals surface area contributed by atoms with Crippen LogP contribution in [-0.2, 0) is 4.79 Å². The van der Waals surface area contributed by atoms with Crippen molar-refractivity contribution in [1.29, 1.82) is 0 Å². The van der Waals surface area contributed by atoms with Crippen molar-refractivity contribution in [1.82, 2.24) is 19.3 Å². The van der Waals surface area contributed by atoms with Crippen LogP contribution in [0, 0.1) is 0 Å². The number of anilines is 1. The van der Waals surface area contributed by atoms with Crippen molar-refractivity contribution in [2.45, 2.75) is 32.2 Å². The SMILES string of the molecule is C=C/C=C(\C=C/C)c1nc([C@@H]2CCCCN2C(=O)C=C)n2ccnc(N)c12. The van der Waals surface area contributed by atoms with E-state index in [1.165, 1.54) is 6.08 Å². The first-order chi connectivity index (χ1) is 13.1. The van der Waals surface area contributed by atoms with Crippen LogP contribution in [0.5, 0.6) is 0 Å². The van der Waals surface area contributed by atoms with Crippen LogP contribution in [0.1, 0.15) is 43.7 Å². The molecular weight excluding hydrogens is 338 g/mol. The number of hydrogen-bond acceptors (Lipinski definition) is 4. The number of piperidine rings is 1.